The van der Waals surface area contributed by atoms with Gasteiger partial charge in [0.1, 0.15) is 0 Å². The topological polar surface area (TPSA) is 17.1 Å². The predicted octanol–water partition coefficient (Wildman–Crippen LogP) is 1.77. The molecule has 10 heavy (non-hydrogen) atoms. The molecule has 0 saturated carbocycles. The first-order chi connectivity index (χ1) is 4.63. The number of thioether (sulfide) groups is 1. The van der Waals surface area contributed by atoms with Crippen molar-refractivity contribution in [3.05, 3.63) is 12.2 Å². The van der Waals surface area contributed by atoms with Crippen LogP contribution in [0.4, 0.5) is 0 Å². The van der Waals surface area contributed by atoms with Crippen LogP contribution in [0, 0.1) is 0 Å². The van der Waals surface area contributed by atoms with E-state index in [0.717, 1.165) is 11.5 Å². The van der Waals surface area contributed by atoms with E-state index in [9.17, 15) is 4.21 Å². The third kappa shape index (κ3) is 1.86. The van der Waals surface area contributed by atoms with Crippen LogP contribution in [0.5, 0.6) is 0 Å². The molecule has 58 valence electrons. The van der Waals surface area contributed by atoms with E-state index in [4.69, 9.17) is 0 Å². The van der Waals surface area contributed by atoms with Gasteiger partial charge in [0.05, 0.1) is 4.08 Å². The molecule has 1 atom stereocenters. The summed E-state index contributed by atoms with van der Waals surface area (Å²) in [5, 5.41) is 0. The van der Waals surface area contributed by atoms with Crippen molar-refractivity contribution in [1.82, 2.24) is 0 Å². The van der Waals surface area contributed by atoms with Gasteiger partial charge in [0, 0.05) is 22.3 Å². The summed E-state index contributed by atoms with van der Waals surface area (Å²) in [6.45, 7) is 4.08. The maximum Gasteiger partial charge on any atom is 0.0859 e. The highest BCUT2D eigenvalue weighted by molar-refractivity contribution is 8.12. The van der Waals surface area contributed by atoms with Gasteiger partial charge in [0.2, 0.25) is 0 Å². The molecule has 1 unspecified atom stereocenters. The highest BCUT2D eigenvalue weighted by atomic mass is 32.2. The SMILES string of the molecule is CC1(C)SCC=CCS1=O. The van der Waals surface area contributed by atoms with Crippen molar-refractivity contribution in [3.63, 3.8) is 0 Å². The standard InChI is InChI=1S/C7H12OS2/c1-7(2)9-5-3-4-6-10(7)8/h3-4H,5-6H2,1-2H3. The van der Waals surface area contributed by atoms with Gasteiger partial charge in [-0.05, 0) is 13.8 Å². The van der Waals surface area contributed by atoms with Crippen LogP contribution in [0.25, 0.3) is 0 Å². The zero-order valence-corrected chi connectivity index (χ0v) is 7.93. The minimum absolute atomic E-state index is 0.0521. The van der Waals surface area contributed by atoms with Crippen LogP contribution in [0.15, 0.2) is 12.2 Å². The van der Waals surface area contributed by atoms with Crippen molar-refractivity contribution in [3.8, 4) is 0 Å². The van der Waals surface area contributed by atoms with Crippen molar-refractivity contribution >= 4 is 22.6 Å². The molecule has 0 spiro atoms. The Kier molecular flexibility index (Phi) is 2.58. The minimum Gasteiger partial charge on any atom is -0.258 e. The highest BCUT2D eigenvalue weighted by Crippen LogP contribution is 2.30. The molecule has 0 aliphatic carbocycles. The molecule has 1 aliphatic heterocycles. The Bertz CT molecular complexity index is 172. The lowest BCUT2D eigenvalue weighted by molar-refractivity contribution is 0.675. The van der Waals surface area contributed by atoms with E-state index < -0.39 is 10.8 Å². The van der Waals surface area contributed by atoms with Gasteiger partial charge < -0.3 is 0 Å². The van der Waals surface area contributed by atoms with E-state index in [2.05, 4.69) is 6.08 Å². The van der Waals surface area contributed by atoms with Gasteiger partial charge in [-0.25, -0.2) is 0 Å². The lowest BCUT2D eigenvalue weighted by Gasteiger charge is -2.19. The summed E-state index contributed by atoms with van der Waals surface area (Å²) in [5.74, 6) is 1.72. The molecular formula is C7H12OS2. The minimum atomic E-state index is -0.692. The van der Waals surface area contributed by atoms with Gasteiger partial charge >= 0.3 is 0 Å². The summed E-state index contributed by atoms with van der Waals surface area (Å²) in [5.41, 5.74) is 0. The third-order valence-electron chi connectivity index (χ3n) is 1.49. The van der Waals surface area contributed by atoms with Crippen LogP contribution in [-0.4, -0.2) is 19.8 Å². The first-order valence-electron chi connectivity index (χ1n) is 3.30. The summed E-state index contributed by atoms with van der Waals surface area (Å²) >= 11 is 1.76. The lowest BCUT2D eigenvalue weighted by Crippen LogP contribution is -2.22. The van der Waals surface area contributed by atoms with E-state index in [0.29, 0.717) is 0 Å². The first kappa shape index (κ1) is 8.34. The molecule has 1 heterocycles. The molecule has 0 amide bonds. The van der Waals surface area contributed by atoms with Crippen molar-refractivity contribution in [1.29, 1.82) is 0 Å². The summed E-state index contributed by atoms with van der Waals surface area (Å²) in [6.07, 6.45) is 4.11. The van der Waals surface area contributed by atoms with Crippen LogP contribution in [0.2, 0.25) is 0 Å². The maximum atomic E-state index is 11.4. The van der Waals surface area contributed by atoms with Gasteiger partial charge in [-0.3, -0.25) is 4.21 Å². The van der Waals surface area contributed by atoms with E-state index in [1.807, 2.05) is 19.9 Å². The molecule has 0 N–H and O–H groups in total. The summed E-state index contributed by atoms with van der Waals surface area (Å²) in [4.78, 5) is 0. The second-order valence-corrected chi connectivity index (χ2v) is 6.64. The summed E-state index contributed by atoms with van der Waals surface area (Å²) in [7, 11) is -0.692. The van der Waals surface area contributed by atoms with E-state index in [1.54, 1.807) is 11.8 Å². The zero-order chi connectivity index (χ0) is 7.61. The van der Waals surface area contributed by atoms with Crippen LogP contribution in [-0.2, 0) is 10.8 Å². The predicted molar refractivity (Wildman–Crippen MR) is 48.7 cm³/mol. The van der Waals surface area contributed by atoms with E-state index >= 15 is 0 Å². The Morgan fingerprint density at radius 3 is 2.90 bits per heavy atom. The van der Waals surface area contributed by atoms with Crippen molar-refractivity contribution in [2.45, 2.75) is 17.9 Å². The molecule has 0 saturated heterocycles. The fraction of sp³-hybridized carbons (Fsp3) is 0.714. The summed E-state index contributed by atoms with van der Waals surface area (Å²) in [6, 6.07) is 0. The fourth-order valence-electron chi connectivity index (χ4n) is 0.739. The molecule has 3 heteroatoms. The van der Waals surface area contributed by atoms with Gasteiger partial charge in [0.15, 0.2) is 0 Å². The Morgan fingerprint density at radius 1 is 1.50 bits per heavy atom. The van der Waals surface area contributed by atoms with Gasteiger partial charge in [-0.15, -0.1) is 11.8 Å². The van der Waals surface area contributed by atoms with Crippen molar-refractivity contribution in [2.75, 3.05) is 11.5 Å². The molecular weight excluding hydrogens is 164 g/mol. The fourth-order valence-corrected chi connectivity index (χ4v) is 3.02. The second-order valence-electron chi connectivity index (χ2n) is 2.69. The molecule has 0 radical (unpaired) electrons. The first-order valence-corrected chi connectivity index (χ1v) is 5.61. The average Bonchev–Trinajstić information content (AvgIpc) is 1.96. The quantitative estimate of drug-likeness (QED) is 0.523. The Labute approximate surface area is 68.7 Å². The Morgan fingerprint density at radius 2 is 2.20 bits per heavy atom. The monoisotopic (exact) mass is 176 g/mol. The Hall–Kier alpha value is 0.240. The second kappa shape index (κ2) is 3.09. The molecule has 0 aromatic heterocycles. The van der Waals surface area contributed by atoms with Crippen LogP contribution < -0.4 is 0 Å². The molecule has 1 aliphatic rings. The average molecular weight is 176 g/mol. The molecule has 0 bridgehead atoms. The van der Waals surface area contributed by atoms with Crippen molar-refractivity contribution < 1.29 is 4.21 Å². The molecule has 1 nitrogen and oxygen atoms in total. The van der Waals surface area contributed by atoms with Gasteiger partial charge in [-0.2, -0.15) is 0 Å². The van der Waals surface area contributed by atoms with E-state index in [1.165, 1.54) is 0 Å². The third-order valence-corrected chi connectivity index (χ3v) is 5.05. The smallest absolute Gasteiger partial charge is 0.0859 e. The number of hydrogen-bond acceptors (Lipinski definition) is 2. The lowest BCUT2D eigenvalue weighted by atomic mass is 10.5. The molecule has 1 rings (SSSR count). The van der Waals surface area contributed by atoms with Gasteiger partial charge in [0.25, 0.3) is 0 Å². The highest BCUT2D eigenvalue weighted by Gasteiger charge is 2.25. The number of rotatable bonds is 0. The van der Waals surface area contributed by atoms with Crippen molar-refractivity contribution in [2.24, 2.45) is 0 Å². The van der Waals surface area contributed by atoms with Crippen LogP contribution >= 0.6 is 11.8 Å². The largest absolute Gasteiger partial charge is 0.258 e. The van der Waals surface area contributed by atoms with E-state index in [-0.39, 0.29) is 4.08 Å². The molecule has 0 aromatic rings. The normalized spacial score (nSPS) is 31.6. The number of hydrogen-bond donors (Lipinski definition) is 0. The maximum absolute atomic E-state index is 11.4. The molecule has 0 aromatic carbocycles. The summed E-state index contributed by atoms with van der Waals surface area (Å²) < 4.78 is 11.3. The van der Waals surface area contributed by atoms with Gasteiger partial charge in [-0.1, -0.05) is 12.2 Å². The van der Waals surface area contributed by atoms with Crippen LogP contribution in [0.1, 0.15) is 13.8 Å². The Balaban J connectivity index is 2.70. The van der Waals surface area contributed by atoms with Crippen LogP contribution in [0.3, 0.4) is 0 Å². The zero-order valence-electron chi connectivity index (χ0n) is 6.29. The molecule has 0 fully saturated rings.